The minimum absolute atomic E-state index is 0.114. The second-order valence-corrected chi connectivity index (χ2v) is 5.98. The molecule has 1 aromatic carbocycles. The zero-order valence-electron chi connectivity index (χ0n) is 11.6. The molecule has 0 saturated heterocycles. The third-order valence-corrected chi connectivity index (χ3v) is 4.75. The smallest absolute Gasteiger partial charge is 0.241 e. The van der Waals surface area contributed by atoms with Gasteiger partial charge in [-0.2, -0.15) is 5.26 Å². The molecular weight excluding hydrogens is 264 g/mol. The zero-order chi connectivity index (χ0) is 14.6. The number of nitrogens with zero attached hydrogens (tertiary/aromatic N) is 1. The number of aryl methyl sites for hydroxylation is 1. The number of ether oxygens (including phenoxy) is 1. The molecule has 1 rings (SSSR count). The predicted molar refractivity (Wildman–Crippen MR) is 72.6 cm³/mol. The Kier molecular flexibility index (Phi) is 4.92. The zero-order valence-corrected chi connectivity index (χ0v) is 12.4. The lowest BCUT2D eigenvalue weighted by Crippen LogP contribution is -2.26. The van der Waals surface area contributed by atoms with E-state index in [1.165, 1.54) is 0 Å². The van der Waals surface area contributed by atoms with Crippen molar-refractivity contribution < 1.29 is 13.2 Å². The van der Waals surface area contributed by atoms with Gasteiger partial charge in [0.15, 0.2) is 0 Å². The first-order chi connectivity index (χ1) is 8.85. The number of nitriles is 1. The summed E-state index contributed by atoms with van der Waals surface area (Å²) < 4.78 is 32.1. The molecule has 1 N–H and O–H groups in total. The van der Waals surface area contributed by atoms with Gasteiger partial charge in [-0.25, -0.2) is 13.1 Å². The Labute approximate surface area is 114 Å². The first kappa shape index (κ1) is 15.5. The van der Waals surface area contributed by atoms with E-state index in [0.29, 0.717) is 16.9 Å². The standard InChI is InChI=1S/C13H18N2O3S/c1-9-8-12(18-4)10(2)11(3)13(9)19(16,17)15-7-5-6-14/h8,15H,5,7H2,1-4H3. The molecule has 0 aliphatic rings. The molecule has 0 atom stereocenters. The van der Waals surface area contributed by atoms with Gasteiger partial charge >= 0.3 is 0 Å². The van der Waals surface area contributed by atoms with E-state index in [-0.39, 0.29) is 17.9 Å². The Hall–Kier alpha value is -1.58. The van der Waals surface area contributed by atoms with Gasteiger partial charge in [0.25, 0.3) is 0 Å². The van der Waals surface area contributed by atoms with E-state index < -0.39 is 10.0 Å². The summed E-state index contributed by atoms with van der Waals surface area (Å²) in [6, 6.07) is 3.61. The molecule has 6 heteroatoms. The molecule has 104 valence electrons. The molecule has 0 aromatic heterocycles. The van der Waals surface area contributed by atoms with Crippen LogP contribution < -0.4 is 9.46 Å². The van der Waals surface area contributed by atoms with Crippen molar-refractivity contribution in [1.29, 1.82) is 5.26 Å². The van der Waals surface area contributed by atoms with Crippen molar-refractivity contribution in [3.8, 4) is 11.8 Å². The second kappa shape index (κ2) is 6.04. The summed E-state index contributed by atoms with van der Waals surface area (Å²) >= 11 is 0. The van der Waals surface area contributed by atoms with Gasteiger partial charge in [-0.05, 0) is 43.5 Å². The van der Waals surface area contributed by atoms with E-state index in [1.54, 1.807) is 27.0 Å². The molecular formula is C13H18N2O3S. The first-order valence-electron chi connectivity index (χ1n) is 5.86. The lowest BCUT2D eigenvalue weighted by atomic mass is 10.1. The highest BCUT2D eigenvalue weighted by Crippen LogP contribution is 2.30. The summed E-state index contributed by atoms with van der Waals surface area (Å²) in [6.45, 7) is 5.42. The van der Waals surface area contributed by atoms with Crippen molar-refractivity contribution >= 4 is 10.0 Å². The SMILES string of the molecule is COc1cc(C)c(S(=O)(=O)NCCC#N)c(C)c1C. The van der Waals surface area contributed by atoms with Crippen LogP contribution in [0.5, 0.6) is 5.75 Å². The van der Waals surface area contributed by atoms with Crippen LogP contribution in [-0.4, -0.2) is 22.1 Å². The van der Waals surface area contributed by atoms with Gasteiger partial charge in [0.1, 0.15) is 5.75 Å². The van der Waals surface area contributed by atoms with Crippen LogP contribution in [0, 0.1) is 32.1 Å². The fourth-order valence-corrected chi connectivity index (χ4v) is 3.51. The molecule has 0 unspecified atom stereocenters. The maximum atomic E-state index is 12.2. The average Bonchev–Trinajstić information content (AvgIpc) is 2.33. The highest BCUT2D eigenvalue weighted by Gasteiger charge is 2.22. The third kappa shape index (κ3) is 3.25. The van der Waals surface area contributed by atoms with Crippen molar-refractivity contribution in [2.75, 3.05) is 13.7 Å². The third-order valence-electron chi connectivity index (χ3n) is 3.00. The van der Waals surface area contributed by atoms with Crippen molar-refractivity contribution in [2.45, 2.75) is 32.1 Å². The van der Waals surface area contributed by atoms with E-state index in [9.17, 15) is 8.42 Å². The molecule has 19 heavy (non-hydrogen) atoms. The number of methoxy groups -OCH3 is 1. The van der Waals surface area contributed by atoms with Crippen molar-refractivity contribution in [1.82, 2.24) is 4.72 Å². The van der Waals surface area contributed by atoms with Crippen molar-refractivity contribution in [2.24, 2.45) is 0 Å². The van der Waals surface area contributed by atoms with Crippen LogP contribution in [0.2, 0.25) is 0 Å². The van der Waals surface area contributed by atoms with Crippen LogP contribution in [-0.2, 0) is 10.0 Å². The molecule has 0 heterocycles. The molecule has 1 aromatic rings. The van der Waals surface area contributed by atoms with Crippen molar-refractivity contribution in [3.63, 3.8) is 0 Å². The molecule has 0 spiro atoms. The van der Waals surface area contributed by atoms with Crippen LogP contribution in [0.3, 0.4) is 0 Å². The minimum atomic E-state index is -3.60. The minimum Gasteiger partial charge on any atom is -0.496 e. The fraction of sp³-hybridized carbons (Fsp3) is 0.462. The van der Waals surface area contributed by atoms with Gasteiger partial charge in [0, 0.05) is 13.0 Å². The number of benzene rings is 1. The molecule has 0 amide bonds. The van der Waals surface area contributed by atoms with Gasteiger partial charge in [-0.1, -0.05) is 0 Å². The number of sulfonamides is 1. The Bertz CT molecular complexity index is 616. The molecule has 5 nitrogen and oxygen atoms in total. The van der Waals surface area contributed by atoms with Gasteiger partial charge in [-0.15, -0.1) is 0 Å². The highest BCUT2D eigenvalue weighted by atomic mass is 32.2. The van der Waals surface area contributed by atoms with Crippen molar-refractivity contribution in [3.05, 3.63) is 22.8 Å². The quantitative estimate of drug-likeness (QED) is 0.835. The van der Waals surface area contributed by atoms with Crippen LogP contribution in [0.4, 0.5) is 0 Å². The van der Waals surface area contributed by atoms with E-state index >= 15 is 0 Å². The first-order valence-corrected chi connectivity index (χ1v) is 7.35. The van der Waals surface area contributed by atoms with Gasteiger partial charge in [0.2, 0.25) is 10.0 Å². The molecule has 0 aliphatic carbocycles. The normalized spacial score (nSPS) is 11.1. The predicted octanol–water partition coefficient (Wildman–Crippen LogP) is 1.81. The highest BCUT2D eigenvalue weighted by molar-refractivity contribution is 7.89. The number of hydrogen-bond donors (Lipinski definition) is 1. The van der Waals surface area contributed by atoms with Crippen LogP contribution in [0.15, 0.2) is 11.0 Å². The summed E-state index contributed by atoms with van der Waals surface area (Å²) in [4.78, 5) is 0.267. The summed E-state index contributed by atoms with van der Waals surface area (Å²) in [5.41, 5.74) is 2.10. The Morgan fingerprint density at radius 3 is 2.47 bits per heavy atom. The molecule has 0 radical (unpaired) electrons. The van der Waals surface area contributed by atoms with Gasteiger partial charge < -0.3 is 4.74 Å². The van der Waals surface area contributed by atoms with Gasteiger partial charge in [0.05, 0.1) is 18.1 Å². The second-order valence-electron chi connectivity index (χ2n) is 4.28. The summed E-state index contributed by atoms with van der Waals surface area (Å²) in [5, 5.41) is 8.45. The van der Waals surface area contributed by atoms with Crippen LogP contribution in [0.25, 0.3) is 0 Å². The largest absolute Gasteiger partial charge is 0.496 e. The monoisotopic (exact) mass is 282 g/mol. The van der Waals surface area contributed by atoms with E-state index in [0.717, 1.165) is 5.56 Å². The number of hydrogen-bond acceptors (Lipinski definition) is 4. The van der Waals surface area contributed by atoms with E-state index in [1.807, 2.05) is 13.0 Å². The molecule has 0 fully saturated rings. The Morgan fingerprint density at radius 1 is 1.32 bits per heavy atom. The fourth-order valence-electron chi connectivity index (χ4n) is 1.96. The van der Waals surface area contributed by atoms with E-state index in [4.69, 9.17) is 10.00 Å². The van der Waals surface area contributed by atoms with Gasteiger partial charge in [-0.3, -0.25) is 0 Å². The van der Waals surface area contributed by atoms with Crippen LogP contribution in [0.1, 0.15) is 23.1 Å². The molecule has 0 bridgehead atoms. The number of rotatable bonds is 5. The lowest BCUT2D eigenvalue weighted by Gasteiger charge is -2.16. The summed E-state index contributed by atoms with van der Waals surface area (Å²) in [7, 11) is -2.04. The lowest BCUT2D eigenvalue weighted by molar-refractivity contribution is 0.410. The molecule has 0 aliphatic heterocycles. The summed E-state index contributed by atoms with van der Waals surface area (Å²) in [6.07, 6.45) is 0.145. The molecule has 0 saturated carbocycles. The van der Waals surface area contributed by atoms with E-state index in [2.05, 4.69) is 4.72 Å². The topological polar surface area (TPSA) is 79.2 Å². The Balaban J connectivity index is 3.28. The maximum Gasteiger partial charge on any atom is 0.241 e. The Morgan fingerprint density at radius 2 is 1.95 bits per heavy atom. The van der Waals surface area contributed by atoms with Crippen LogP contribution >= 0.6 is 0 Å². The average molecular weight is 282 g/mol. The maximum absolute atomic E-state index is 12.2. The summed E-state index contributed by atoms with van der Waals surface area (Å²) in [5.74, 6) is 0.672. The number of nitrogens with one attached hydrogen (secondary N) is 1.